The van der Waals surface area contributed by atoms with E-state index in [2.05, 4.69) is 26.2 Å². The highest BCUT2D eigenvalue weighted by atomic mass is 19.1. The molecule has 0 unspecified atom stereocenters. The van der Waals surface area contributed by atoms with Crippen LogP contribution in [0.25, 0.3) is 11.1 Å². The van der Waals surface area contributed by atoms with Crippen molar-refractivity contribution >= 4 is 5.69 Å². The van der Waals surface area contributed by atoms with Crippen LogP contribution in [0, 0.1) is 24.2 Å². The summed E-state index contributed by atoms with van der Waals surface area (Å²) in [6.07, 6.45) is 5.13. The van der Waals surface area contributed by atoms with E-state index in [0.29, 0.717) is 11.5 Å². The van der Waals surface area contributed by atoms with E-state index >= 15 is 0 Å². The van der Waals surface area contributed by atoms with Gasteiger partial charge in [-0.2, -0.15) is 9.65 Å². The molecule has 1 aromatic carbocycles. The Balaban J connectivity index is 1.68. The fraction of sp³-hybridized carbons (Fsp3) is 0.333. The van der Waals surface area contributed by atoms with Crippen molar-refractivity contribution < 1.29 is 4.39 Å². The maximum absolute atomic E-state index is 13.3. The first-order chi connectivity index (χ1) is 13.6. The number of hydrogen-bond donors (Lipinski definition) is 0. The monoisotopic (exact) mass is 376 g/mol. The van der Waals surface area contributed by atoms with Gasteiger partial charge in [-0.1, -0.05) is 0 Å². The summed E-state index contributed by atoms with van der Waals surface area (Å²) in [7, 11) is 1.97. The molecule has 1 fully saturated rings. The number of benzene rings is 1. The molecule has 0 radical (unpaired) electrons. The van der Waals surface area contributed by atoms with Crippen LogP contribution in [0.4, 0.5) is 10.1 Å². The molecule has 7 heteroatoms. The summed E-state index contributed by atoms with van der Waals surface area (Å²) in [4.78, 5) is 6.05. The third-order valence-electron chi connectivity index (χ3n) is 5.34. The van der Waals surface area contributed by atoms with Gasteiger partial charge in [0.1, 0.15) is 18.2 Å². The molecule has 0 spiro atoms. The minimum absolute atomic E-state index is 0.357. The Kier molecular flexibility index (Phi) is 4.78. The van der Waals surface area contributed by atoms with E-state index in [1.807, 2.05) is 30.7 Å². The first kappa shape index (κ1) is 18.1. The number of piperidine rings is 1. The van der Waals surface area contributed by atoms with Crippen molar-refractivity contribution in [2.24, 2.45) is 7.05 Å². The lowest BCUT2D eigenvalue weighted by atomic mass is 9.92. The van der Waals surface area contributed by atoms with Gasteiger partial charge in [0.05, 0.1) is 11.3 Å². The number of aromatic nitrogens is 4. The van der Waals surface area contributed by atoms with E-state index in [1.54, 1.807) is 12.4 Å². The standard InChI is InChI=1S/C21H21FN6/c1-14-9-17(11-23)20(18(10-14)16-3-4-19(22)24-12-16)28-7-5-15(6-8-28)21-26-25-13-27(21)2/h3-4,9-10,12-13,15H,5-8H2,1-2H3. The molecule has 0 amide bonds. The van der Waals surface area contributed by atoms with Crippen molar-refractivity contribution in [3.8, 4) is 17.2 Å². The maximum Gasteiger partial charge on any atom is 0.212 e. The highest BCUT2D eigenvalue weighted by Crippen LogP contribution is 2.38. The minimum Gasteiger partial charge on any atom is -0.370 e. The number of hydrogen-bond acceptors (Lipinski definition) is 5. The van der Waals surface area contributed by atoms with E-state index in [0.717, 1.165) is 54.1 Å². The molecular weight excluding hydrogens is 355 g/mol. The summed E-state index contributed by atoms with van der Waals surface area (Å²) in [6.45, 7) is 3.60. The molecule has 1 saturated heterocycles. The summed E-state index contributed by atoms with van der Waals surface area (Å²) < 4.78 is 15.3. The molecule has 0 bridgehead atoms. The van der Waals surface area contributed by atoms with Gasteiger partial charge in [0.2, 0.25) is 5.95 Å². The Morgan fingerprint density at radius 2 is 2.00 bits per heavy atom. The van der Waals surface area contributed by atoms with Crippen LogP contribution >= 0.6 is 0 Å². The number of nitrogens with zero attached hydrogens (tertiary/aromatic N) is 6. The quantitative estimate of drug-likeness (QED) is 0.654. The summed E-state index contributed by atoms with van der Waals surface area (Å²) >= 11 is 0. The highest BCUT2D eigenvalue weighted by molar-refractivity contribution is 5.83. The van der Waals surface area contributed by atoms with Crippen LogP contribution in [-0.2, 0) is 7.05 Å². The van der Waals surface area contributed by atoms with Gasteiger partial charge in [-0.25, -0.2) is 4.98 Å². The molecule has 3 aromatic rings. The fourth-order valence-corrected chi connectivity index (χ4v) is 3.98. The first-order valence-corrected chi connectivity index (χ1v) is 9.32. The van der Waals surface area contributed by atoms with Crippen molar-refractivity contribution in [1.82, 2.24) is 19.7 Å². The maximum atomic E-state index is 13.3. The van der Waals surface area contributed by atoms with Crippen molar-refractivity contribution in [1.29, 1.82) is 5.26 Å². The van der Waals surface area contributed by atoms with Gasteiger partial charge in [-0.05, 0) is 49.6 Å². The van der Waals surface area contributed by atoms with Crippen LogP contribution in [-0.4, -0.2) is 32.8 Å². The van der Waals surface area contributed by atoms with Crippen LogP contribution in [0.3, 0.4) is 0 Å². The fourth-order valence-electron chi connectivity index (χ4n) is 3.98. The van der Waals surface area contributed by atoms with Crippen LogP contribution in [0.2, 0.25) is 0 Å². The van der Waals surface area contributed by atoms with Crippen LogP contribution in [0.15, 0.2) is 36.8 Å². The minimum atomic E-state index is -0.511. The summed E-state index contributed by atoms with van der Waals surface area (Å²) in [6, 6.07) is 9.36. The Labute approximate surface area is 163 Å². The van der Waals surface area contributed by atoms with Gasteiger partial charge in [0.25, 0.3) is 0 Å². The highest BCUT2D eigenvalue weighted by Gasteiger charge is 2.27. The summed E-state index contributed by atoms with van der Waals surface area (Å²) in [5, 5.41) is 18.0. The van der Waals surface area contributed by atoms with E-state index in [9.17, 15) is 9.65 Å². The average molecular weight is 376 g/mol. The molecule has 6 nitrogen and oxygen atoms in total. The molecule has 3 heterocycles. The molecule has 1 aliphatic heterocycles. The largest absolute Gasteiger partial charge is 0.370 e. The molecule has 142 valence electrons. The van der Waals surface area contributed by atoms with Crippen molar-refractivity contribution in [3.05, 3.63) is 59.7 Å². The SMILES string of the molecule is Cc1cc(C#N)c(N2CCC(c3nncn3C)CC2)c(-c2ccc(F)nc2)c1. The van der Waals surface area contributed by atoms with Crippen molar-refractivity contribution in [3.63, 3.8) is 0 Å². The van der Waals surface area contributed by atoms with Gasteiger partial charge in [0, 0.05) is 43.4 Å². The lowest BCUT2D eigenvalue weighted by Gasteiger charge is -2.35. The van der Waals surface area contributed by atoms with Crippen molar-refractivity contribution in [2.75, 3.05) is 18.0 Å². The van der Waals surface area contributed by atoms with Gasteiger partial charge in [-0.3, -0.25) is 0 Å². The zero-order valence-electron chi connectivity index (χ0n) is 15.9. The normalized spacial score (nSPS) is 14.9. The predicted molar refractivity (Wildman–Crippen MR) is 104 cm³/mol. The second kappa shape index (κ2) is 7.39. The Bertz CT molecular complexity index is 1030. The number of nitriles is 1. The van der Waals surface area contributed by atoms with Crippen molar-refractivity contribution in [2.45, 2.75) is 25.7 Å². The van der Waals surface area contributed by atoms with Crippen LogP contribution < -0.4 is 4.90 Å². The second-order valence-corrected chi connectivity index (χ2v) is 7.25. The third kappa shape index (κ3) is 3.33. The van der Waals surface area contributed by atoms with E-state index in [-0.39, 0.29) is 0 Å². The molecule has 0 N–H and O–H groups in total. The number of rotatable bonds is 3. The summed E-state index contributed by atoms with van der Waals surface area (Å²) in [5.41, 5.74) is 4.26. The molecule has 0 saturated carbocycles. The zero-order chi connectivity index (χ0) is 19.7. The number of anilines is 1. The molecular formula is C21H21FN6. The molecule has 1 aliphatic rings. The number of aryl methyl sites for hydroxylation is 2. The van der Waals surface area contributed by atoms with Gasteiger partial charge >= 0.3 is 0 Å². The topological polar surface area (TPSA) is 70.6 Å². The zero-order valence-corrected chi connectivity index (χ0v) is 15.9. The smallest absolute Gasteiger partial charge is 0.212 e. The van der Waals surface area contributed by atoms with E-state index in [4.69, 9.17) is 0 Å². The average Bonchev–Trinajstić information content (AvgIpc) is 3.14. The van der Waals surface area contributed by atoms with Crippen LogP contribution in [0.1, 0.15) is 35.7 Å². The molecule has 4 rings (SSSR count). The molecule has 28 heavy (non-hydrogen) atoms. The lowest BCUT2D eigenvalue weighted by Crippen LogP contribution is -2.34. The predicted octanol–water partition coefficient (Wildman–Crippen LogP) is 3.58. The Morgan fingerprint density at radius 3 is 2.61 bits per heavy atom. The van der Waals surface area contributed by atoms with E-state index in [1.165, 1.54) is 12.3 Å². The molecule has 2 aromatic heterocycles. The Morgan fingerprint density at radius 1 is 1.21 bits per heavy atom. The van der Waals surface area contributed by atoms with E-state index < -0.39 is 5.95 Å². The van der Waals surface area contributed by atoms with Gasteiger partial charge in [0.15, 0.2) is 0 Å². The first-order valence-electron chi connectivity index (χ1n) is 9.32. The Hall–Kier alpha value is -3.27. The van der Waals surface area contributed by atoms with Gasteiger partial charge in [-0.15, -0.1) is 10.2 Å². The lowest BCUT2D eigenvalue weighted by molar-refractivity contribution is 0.474. The van der Waals surface area contributed by atoms with Crippen LogP contribution in [0.5, 0.6) is 0 Å². The number of pyridine rings is 1. The van der Waals surface area contributed by atoms with Gasteiger partial charge < -0.3 is 9.47 Å². The molecule has 0 aliphatic carbocycles. The summed E-state index contributed by atoms with van der Waals surface area (Å²) in [5.74, 6) is 0.852. The second-order valence-electron chi connectivity index (χ2n) is 7.25. The molecule has 0 atom stereocenters. The third-order valence-corrected chi connectivity index (χ3v) is 5.34. The number of halogens is 1.